The van der Waals surface area contributed by atoms with Gasteiger partial charge >= 0.3 is 5.97 Å². The number of carbonyl (C=O) groups is 3. The first-order valence-electron chi connectivity index (χ1n) is 7.94. The summed E-state index contributed by atoms with van der Waals surface area (Å²) in [5, 5.41) is 0. The molecule has 0 aromatic carbocycles. The van der Waals surface area contributed by atoms with Crippen LogP contribution in [0.1, 0.15) is 59.8 Å². The number of hydrogen-bond donors (Lipinski definition) is 0. The Hall–Kier alpha value is -1.45. The molecular weight excluding hydrogens is 280 g/mol. The molecule has 0 bridgehead atoms. The van der Waals surface area contributed by atoms with Crippen molar-refractivity contribution in [3.05, 3.63) is 12.7 Å². The fourth-order valence-electron chi connectivity index (χ4n) is 2.89. The highest BCUT2D eigenvalue weighted by Gasteiger charge is 2.44. The van der Waals surface area contributed by atoms with Crippen LogP contribution < -0.4 is 0 Å². The predicted octanol–water partition coefficient (Wildman–Crippen LogP) is 3.49. The summed E-state index contributed by atoms with van der Waals surface area (Å²) >= 11 is 0. The fraction of sp³-hybridized carbons (Fsp3) is 0.722. The van der Waals surface area contributed by atoms with Crippen molar-refractivity contribution >= 4 is 17.5 Å². The van der Waals surface area contributed by atoms with E-state index in [-0.39, 0.29) is 36.5 Å². The van der Waals surface area contributed by atoms with Gasteiger partial charge < -0.3 is 4.74 Å². The van der Waals surface area contributed by atoms with E-state index in [4.69, 9.17) is 4.74 Å². The Labute approximate surface area is 133 Å². The summed E-state index contributed by atoms with van der Waals surface area (Å²) in [6.45, 7) is 10.7. The highest BCUT2D eigenvalue weighted by atomic mass is 16.5. The smallest absolute Gasteiger partial charge is 0.311 e. The van der Waals surface area contributed by atoms with Crippen molar-refractivity contribution in [3.8, 4) is 0 Å². The van der Waals surface area contributed by atoms with Gasteiger partial charge in [-0.05, 0) is 46.0 Å². The van der Waals surface area contributed by atoms with Crippen molar-refractivity contribution in [2.75, 3.05) is 6.61 Å². The van der Waals surface area contributed by atoms with Gasteiger partial charge in [0.25, 0.3) is 0 Å². The first-order chi connectivity index (χ1) is 10.1. The number of Topliss-reactive ketones (excluding diaryl/α,β-unsaturated/α-hetero) is 2. The normalized spacial score (nSPS) is 25.1. The Kier molecular flexibility index (Phi) is 6.09. The molecule has 124 valence electrons. The number of carbonyl (C=O) groups excluding carboxylic acids is 3. The molecule has 4 nitrogen and oxygen atoms in total. The zero-order chi connectivity index (χ0) is 17.0. The monoisotopic (exact) mass is 308 g/mol. The Morgan fingerprint density at radius 1 is 1.41 bits per heavy atom. The van der Waals surface area contributed by atoms with Gasteiger partial charge in [-0.2, -0.15) is 0 Å². The zero-order valence-electron chi connectivity index (χ0n) is 14.2. The third-order valence-electron chi connectivity index (χ3n) is 4.61. The summed E-state index contributed by atoms with van der Waals surface area (Å²) in [4.78, 5) is 35.7. The molecule has 1 saturated carbocycles. The van der Waals surface area contributed by atoms with Crippen molar-refractivity contribution in [1.82, 2.24) is 0 Å². The first-order valence-corrected chi connectivity index (χ1v) is 7.94. The number of allylic oxidation sites excluding steroid dienone is 1. The molecule has 0 amide bonds. The first kappa shape index (κ1) is 18.6. The predicted molar refractivity (Wildman–Crippen MR) is 85.3 cm³/mol. The minimum absolute atomic E-state index is 0.129. The largest absolute Gasteiger partial charge is 0.457 e. The molecule has 0 unspecified atom stereocenters. The summed E-state index contributed by atoms with van der Waals surface area (Å²) < 4.78 is 5.03. The second-order valence-corrected chi connectivity index (χ2v) is 7.47. The van der Waals surface area contributed by atoms with E-state index < -0.39 is 10.8 Å². The lowest BCUT2D eigenvalue weighted by molar-refractivity contribution is -0.156. The van der Waals surface area contributed by atoms with Crippen LogP contribution in [0.5, 0.6) is 0 Å². The molecule has 0 N–H and O–H groups in total. The number of esters is 1. The highest BCUT2D eigenvalue weighted by molar-refractivity contribution is 5.88. The standard InChI is InChI=1S/C18H28O4/c1-6-7-13-8-9-15(20)18(13,5)11-10-14(19)12-22-16(21)17(2,3)4/h6,13H,1,7-12H2,2-5H3/t13-,18+/m1/s1. The van der Waals surface area contributed by atoms with Crippen molar-refractivity contribution < 1.29 is 19.1 Å². The van der Waals surface area contributed by atoms with Crippen LogP contribution >= 0.6 is 0 Å². The number of hydrogen-bond acceptors (Lipinski definition) is 4. The van der Waals surface area contributed by atoms with Crippen LogP contribution in [0.3, 0.4) is 0 Å². The van der Waals surface area contributed by atoms with Gasteiger partial charge in [0, 0.05) is 18.3 Å². The Morgan fingerprint density at radius 3 is 2.59 bits per heavy atom. The third kappa shape index (κ3) is 4.52. The number of ether oxygens (including phenoxy) is 1. The maximum Gasteiger partial charge on any atom is 0.311 e. The van der Waals surface area contributed by atoms with Crippen LogP contribution in [-0.4, -0.2) is 24.1 Å². The van der Waals surface area contributed by atoms with Gasteiger partial charge in [-0.3, -0.25) is 14.4 Å². The topological polar surface area (TPSA) is 60.4 Å². The summed E-state index contributed by atoms with van der Waals surface area (Å²) in [6.07, 6.45) is 4.89. The minimum atomic E-state index is -0.608. The number of ketones is 2. The summed E-state index contributed by atoms with van der Waals surface area (Å²) in [5.74, 6) is -0.00863. The minimum Gasteiger partial charge on any atom is -0.457 e. The molecule has 0 radical (unpaired) electrons. The van der Waals surface area contributed by atoms with Crippen LogP contribution in [0.15, 0.2) is 12.7 Å². The lowest BCUT2D eigenvalue weighted by Gasteiger charge is -2.29. The lowest BCUT2D eigenvalue weighted by Crippen LogP contribution is -2.31. The molecule has 1 aliphatic rings. The number of rotatable bonds is 7. The Balaban J connectivity index is 2.50. The van der Waals surface area contributed by atoms with Crippen LogP contribution in [0.4, 0.5) is 0 Å². The molecule has 0 spiro atoms. The van der Waals surface area contributed by atoms with Gasteiger partial charge in [-0.25, -0.2) is 0 Å². The maximum absolute atomic E-state index is 12.2. The van der Waals surface area contributed by atoms with Crippen LogP contribution in [0, 0.1) is 16.7 Å². The quantitative estimate of drug-likeness (QED) is 0.533. The molecule has 0 saturated heterocycles. The van der Waals surface area contributed by atoms with E-state index in [1.165, 1.54) is 0 Å². The fourth-order valence-corrected chi connectivity index (χ4v) is 2.89. The van der Waals surface area contributed by atoms with Crippen molar-refractivity contribution in [2.24, 2.45) is 16.7 Å². The van der Waals surface area contributed by atoms with E-state index in [0.717, 1.165) is 12.8 Å². The van der Waals surface area contributed by atoms with E-state index in [2.05, 4.69) is 6.58 Å². The van der Waals surface area contributed by atoms with Crippen molar-refractivity contribution in [2.45, 2.75) is 59.8 Å². The average Bonchev–Trinajstić information content (AvgIpc) is 2.70. The van der Waals surface area contributed by atoms with Gasteiger partial charge in [0.15, 0.2) is 5.78 Å². The molecule has 4 heteroatoms. The van der Waals surface area contributed by atoms with Crippen molar-refractivity contribution in [1.29, 1.82) is 0 Å². The summed E-state index contributed by atoms with van der Waals surface area (Å²) in [7, 11) is 0. The molecule has 0 aromatic heterocycles. The molecule has 0 heterocycles. The summed E-state index contributed by atoms with van der Waals surface area (Å²) in [5.41, 5.74) is -1.05. The second-order valence-electron chi connectivity index (χ2n) is 7.47. The van der Waals surface area contributed by atoms with Gasteiger partial charge in [-0.15, -0.1) is 6.58 Å². The molecule has 2 atom stereocenters. The van der Waals surface area contributed by atoms with Gasteiger partial charge in [-0.1, -0.05) is 13.0 Å². The lowest BCUT2D eigenvalue weighted by atomic mass is 9.73. The highest BCUT2D eigenvalue weighted by Crippen LogP contribution is 2.45. The van der Waals surface area contributed by atoms with E-state index in [9.17, 15) is 14.4 Å². The second kappa shape index (κ2) is 7.21. The molecule has 1 rings (SSSR count). The van der Waals surface area contributed by atoms with E-state index in [1.54, 1.807) is 20.8 Å². The maximum atomic E-state index is 12.2. The third-order valence-corrected chi connectivity index (χ3v) is 4.61. The van der Waals surface area contributed by atoms with Gasteiger partial charge in [0.1, 0.15) is 12.4 Å². The van der Waals surface area contributed by atoms with Gasteiger partial charge in [0.05, 0.1) is 5.41 Å². The molecular formula is C18H28O4. The van der Waals surface area contributed by atoms with Gasteiger partial charge in [0.2, 0.25) is 0 Å². The van der Waals surface area contributed by atoms with E-state index >= 15 is 0 Å². The molecule has 0 aliphatic heterocycles. The molecule has 22 heavy (non-hydrogen) atoms. The van der Waals surface area contributed by atoms with E-state index in [0.29, 0.717) is 12.8 Å². The molecule has 1 aliphatic carbocycles. The SMILES string of the molecule is C=CC[C@@H]1CCC(=O)[C@@]1(C)CCC(=O)COC(=O)C(C)(C)C. The molecule has 0 aromatic rings. The van der Waals surface area contributed by atoms with E-state index in [1.807, 2.05) is 13.0 Å². The molecule has 1 fully saturated rings. The zero-order valence-corrected chi connectivity index (χ0v) is 14.2. The van der Waals surface area contributed by atoms with Crippen LogP contribution in [0.25, 0.3) is 0 Å². The Morgan fingerprint density at radius 2 is 2.05 bits per heavy atom. The van der Waals surface area contributed by atoms with Crippen LogP contribution in [-0.2, 0) is 19.1 Å². The average molecular weight is 308 g/mol. The van der Waals surface area contributed by atoms with Crippen molar-refractivity contribution in [3.63, 3.8) is 0 Å². The Bertz CT molecular complexity index is 458. The van der Waals surface area contributed by atoms with Crippen LogP contribution in [0.2, 0.25) is 0 Å². The summed E-state index contributed by atoms with van der Waals surface area (Å²) in [6, 6.07) is 0.